The van der Waals surface area contributed by atoms with Crippen LogP contribution in [0.15, 0.2) is 18.3 Å². The number of nitrogens with zero attached hydrogens (tertiary/aromatic N) is 2. The van der Waals surface area contributed by atoms with Gasteiger partial charge in [0.1, 0.15) is 5.69 Å². The quantitative estimate of drug-likeness (QED) is 0.813. The summed E-state index contributed by atoms with van der Waals surface area (Å²) in [7, 11) is 1.38. The molecule has 1 aromatic heterocycles. The van der Waals surface area contributed by atoms with Crippen LogP contribution in [0.3, 0.4) is 0 Å². The van der Waals surface area contributed by atoms with Crippen molar-refractivity contribution in [3.63, 3.8) is 0 Å². The molecule has 0 atom stereocenters. The first-order valence-corrected chi connectivity index (χ1v) is 5.71. The van der Waals surface area contributed by atoms with Gasteiger partial charge in [-0.05, 0) is 12.1 Å². The molecule has 20 heavy (non-hydrogen) atoms. The Hall–Kier alpha value is -2.09. The molecule has 1 heterocycles. The molecule has 0 aliphatic carbocycles. The Labute approximate surface area is 114 Å². The van der Waals surface area contributed by atoms with Crippen molar-refractivity contribution in [1.82, 2.24) is 9.88 Å². The lowest BCUT2D eigenvalue weighted by Crippen LogP contribution is -2.38. The zero-order valence-electron chi connectivity index (χ0n) is 10.8. The van der Waals surface area contributed by atoms with E-state index in [0.717, 1.165) is 17.2 Å². The molecule has 0 aromatic carbocycles. The summed E-state index contributed by atoms with van der Waals surface area (Å²) >= 11 is 0. The van der Waals surface area contributed by atoms with Gasteiger partial charge in [0, 0.05) is 19.9 Å². The molecular weight excluding hydrogens is 274 g/mol. The Balaban J connectivity index is 2.92. The summed E-state index contributed by atoms with van der Waals surface area (Å²) in [5, 5.41) is 8.82. The maximum atomic E-state index is 12.4. The van der Waals surface area contributed by atoms with Gasteiger partial charge in [0.25, 0.3) is 12.3 Å². The van der Waals surface area contributed by atoms with Crippen molar-refractivity contribution in [3.8, 4) is 0 Å². The van der Waals surface area contributed by atoms with Crippen LogP contribution in [0.25, 0.3) is 0 Å². The van der Waals surface area contributed by atoms with E-state index in [4.69, 9.17) is 9.84 Å². The van der Waals surface area contributed by atoms with Crippen molar-refractivity contribution in [2.75, 3.05) is 26.8 Å². The summed E-state index contributed by atoms with van der Waals surface area (Å²) in [6.45, 7) is -0.698. The molecule has 0 unspecified atom stereocenters. The van der Waals surface area contributed by atoms with E-state index in [-0.39, 0.29) is 24.4 Å². The van der Waals surface area contributed by atoms with Gasteiger partial charge in [-0.2, -0.15) is 0 Å². The van der Waals surface area contributed by atoms with Gasteiger partial charge in [0.2, 0.25) is 0 Å². The molecule has 0 aliphatic heterocycles. The number of carbonyl (C=O) groups excluding carboxylic acids is 1. The van der Waals surface area contributed by atoms with Crippen molar-refractivity contribution in [3.05, 3.63) is 29.6 Å². The number of aromatic carboxylic acids is 1. The highest BCUT2D eigenvalue weighted by Gasteiger charge is 2.21. The van der Waals surface area contributed by atoms with E-state index in [1.54, 1.807) is 0 Å². The number of carbonyl (C=O) groups is 2. The summed E-state index contributed by atoms with van der Waals surface area (Å²) < 4.78 is 29.6. The third-order valence-electron chi connectivity index (χ3n) is 2.44. The predicted molar refractivity (Wildman–Crippen MR) is 65.0 cm³/mol. The molecule has 8 heteroatoms. The standard InChI is InChI=1S/C12H14F2N2O4/c1-20-5-4-16(7-10(13)14)11(17)9-6-8(12(18)19)2-3-15-9/h2-3,6,10H,4-5,7H2,1H3,(H,18,19). The van der Waals surface area contributed by atoms with Crippen molar-refractivity contribution in [2.24, 2.45) is 0 Å². The van der Waals surface area contributed by atoms with Crippen LogP contribution in [0.2, 0.25) is 0 Å². The molecule has 0 fully saturated rings. The maximum Gasteiger partial charge on any atom is 0.335 e. The topological polar surface area (TPSA) is 79.7 Å². The molecule has 0 saturated heterocycles. The number of halogens is 2. The normalized spacial score (nSPS) is 10.6. The Morgan fingerprint density at radius 3 is 2.75 bits per heavy atom. The number of carboxylic acids is 1. The molecule has 0 radical (unpaired) electrons. The fourth-order valence-corrected chi connectivity index (χ4v) is 1.49. The summed E-state index contributed by atoms with van der Waals surface area (Å²) in [6.07, 6.45) is -1.55. The summed E-state index contributed by atoms with van der Waals surface area (Å²) in [5.74, 6) is -1.98. The van der Waals surface area contributed by atoms with Gasteiger partial charge in [-0.3, -0.25) is 9.78 Å². The van der Waals surface area contributed by atoms with E-state index in [2.05, 4.69) is 4.98 Å². The van der Waals surface area contributed by atoms with Crippen LogP contribution in [0.1, 0.15) is 20.8 Å². The van der Waals surface area contributed by atoms with Gasteiger partial charge in [0.15, 0.2) is 0 Å². The Morgan fingerprint density at radius 1 is 1.50 bits per heavy atom. The molecule has 110 valence electrons. The van der Waals surface area contributed by atoms with E-state index in [0.29, 0.717) is 0 Å². The fourth-order valence-electron chi connectivity index (χ4n) is 1.49. The number of rotatable bonds is 7. The second-order valence-electron chi connectivity index (χ2n) is 3.87. The van der Waals surface area contributed by atoms with Crippen LogP contribution < -0.4 is 0 Å². The first-order valence-electron chi connectivity index (χ1n) is 5.71. The van der Waals surface area contributed by atoms with Gasteiger partial charge >= 0.3 is 5.97 Å². The van der Waals surface area contributed by atoms with Gasteiger partial charge in [-0.15, -0.1) is 0 Å². The van der Waals surface area contributed by atoms with Gasteiger partial charge in [-0.25, -0.2) is 13.6 Å². The monoisotopic (exact) mass is 288 g/mol. The zero-order valence-corrected chi connectivity index (χ0v) is 10.8. The van der Waals surface area contributed by atoms with E-state index in [1.165, 1.54) is 13.2 Å². The van der Waals surface area contributed by atoms with E-state index in [9.17, 15) is 18.4 Å². The Bertz CT molecular complexity index is 482. The van der Waals surface area contributed by atoms with Crippen molar-refractivity contribution < 1.29 is 28.2 Å². The first kappa shape index (κ1) is 16.0. The maximum absolute atomic E-state index is 12.4. The van der Waals surface area contributed by atoms with E-state index >= 15 is 0 Å². The first-order chi connectivity index (χ1) is 9.45. The lowest BCUT2D eigenvalue weighted by Gasteiger charge is -2.21. The minimum atomic E-state index is -2.70. The number of hydrogen-bond donors (Lipinski definition) is 1. The largest absolute Gasteiger partial charge is 0.478 e. The second kappa shape index (κ2) is 7.49. The third-order valence-corrected chi connectivity index (χ3v) is 2.44. The lowest BCUT2D eigenvalue weighted by molar-refractivity contribution is 0.0473. The molecular formula is C12H14F2N2O4. The number of hydrogen-bond acceptors (Lipinski definition) is 4. The Kier molecular flexibility index (Phi) is 5.98. The average molecular weight is 288 g/mol. The Morgan fingerprint density at radius 2 is 2.20 bits per heavy atom. The van der Waals surface area contributed by atoms with Crippen LogP contribution in [0.4, 0.5) is 8.78 Å². The lowest BCUT2D eigenvalue weighted by atomic mass is 10.2. The number of methoxy groups -OCH3 is 1. The number of carboxylic acid groups (broad SMARTS) is 1. The van der Waals surface area contributed by atoms with E-state index in [1.807, 2.05) is 0 Å². The highest BCUT2D eigenvalue weighted by molar-refractivity contribution is 5.95. The van der Waals surface area contributed by atoms with Crippen LogP contribution in [-0.2, 0) is 4.74 Å². The minimum absolute atomic E-state index is 0.0291. The zero-order chi connectivity index (χ0) is 15.1. The number of aromatic nitrogens is 1. The van der Waals surface area contributed by atoms with Gasteiger partial charge in [0.05, 0.1) is 18.7 Å². The minimum Gasteiger partial charge on any atom is -0.478 e. The van der Waals surface area contributed by atoms with Gasteiger partial charge in [-0.1, -0.05) is 0 Å². The third kappa shape index (κ3) is 4.54. The van der Waals surface area contributed by atoms with E-state index < -0.39 is 24.8 Å². The average Bonchev–Trinajstić information content (AvgIpc) is 2.42. The number of alkyl halides is 2. The fraction of sp³-hybridized carbons (Fsp3) is 0.417. The van der Waals surface area contributed by atoms with Crippen LogP contribution in [0.5, 0.6) is 0 Å². The van der Waals surface area contributed by atoms with Crippen molar-refractivity contribution >= 4 is 11.9 Å². The second-order valence-corrected chi connectivity index (χ2v) is 3.87. The van der Waals surface area contributed by atoms with Gasteiger partial charge < -0.3 is 14.7 Å². The summed E-state index contributed by atoms with van der Waals surface area (Å²) in [4.78, 5) is 27.4. The smallest absolute Gasteiger partial charge is 0.335 e. The summed E-state index contributed by atoms with van der Waals surface area (Å²) in [6, 6.07) is 2.27. The summed E-state index contributed by atoms with van der Waals surface area (Å²) in [5.41, 5.74) is -0.325. The van der Waals surface area contributed by atoms with Crippen molar-refractivity contribution in [1.29, 1.82) is 0 Å². The number of amides is 1. The molecule has 0 bridgehead atoms. The molecule has 0 spiro atoms. The SMILES string of the molecule is COCCN(CC(F)F)C(=O)c1cc(C(=O)O)ccn1. The molecule has 0 aliphatic rings. The molecule has 6 nitrogen and oxygen atoms in total. The highest BCUT2D eigenvalue weighted by atomic mass is 19.3. The molecule has 1 aromatic rings. The van der Waals surface area contributed by atoms with Crippen molar-refractivity contribution in [2.45, 2.75) is 6.43 Å². The number of ether oxygens (including phenoxy) is 1. The van der Waals surface area contributed by atoms with Crippen LogP contribution in [-0.4, -0.2) is 60.1 Å². The molecule has 1 amide bonds. The molecule has 1 rings (SSSR count). The van der Waals surface area contributed by atoms with Crippen LogP contribution in [0, 0.1) is 0 Å². The molecule has 0 saturated carbocycles. The van der Waals surface area contributed by atoms with Crippen LogP contribution >= 0.6 is 0 Å². The number of pyridine rings is 1. The molecule has 1 N–H and O–H groups in total. The highest BCUT2D eigenvalue weighted by Crippen LogP contribution is 2.08. The predicted octanol–water partition coefficient (Wildman–Crippen LogP) is 1.13.